The molecule has 0 saturated carbocycles. The van der Waals surface area contributed by atoms with Crippen LogP contribution in [0.4, 0.5) is 5.95 Å². The number of anilines is 1. The summed E-state index contributed by atoms with van der Waals surface area (Å²) in [7, 11) is 4.31. The average molecular weight is 277 g/mol. The Morgan fingerprint density at radius 2 is 1.90 bits per heavy atom. The van der Waals surface area contributed by atoms with Gasteiger partial charge in [0.25, 0.3) is 0 Å². The first kappa shape index (κ1) is 15.2. The third-order valence-corrected chi connectivity index (χ3v) is 4.19. The molecule has 0 amide bonds. The number of aromatic nitrogens is 2. The number of hydrogen-bond donors (Lipinski definition) is 1. The molecule has 1 fully saturated rings. The highest BCUT2D eigenvalue weighted by molar-refractivity contribution is 5.30. The maximum atomic E-state index is 5.96. The van der Waals surface area contributed by atoms with E-state index in [1.807, 2.05) is 12.4 Å². The Bertz CT molecular complexity index is 395. The minimum atomic E-state index is 0.209. The van der Waals surface area contributed by atoms with Gasteiger partial charge in [-0.15, -0.1) is 0 Å². The van der Waals surface area contributed by atoms with Gasteiger partial charge in [-0.1, -0.05) is 6.92 Å². The van der Waals surface area contributed by atoms with Gasteiger partial charge in [0.1, 0.15) is 0 Å². The molecule has 1 aliphatic heterocycles. The van der Waals surface area contributed by atoms with E-state index >= 15 is 0 Å². The van der Waals surface area contributed by atoms with Gasteiger partial charge in [0, 0.05) is 37.6 Å². The van der Waals surface area contributed by atoms with E-state index < -0.39 is 0 Å². The third-order valence-electron chi connectivity index (χ3n) is 4.19. The Kier molecular flexibility index (Phi) is 5.31. The van der Waals surface area contributed by atoms with Gasteiger partial charge in [-0.25, -0.2) is 9.97 Å². The second-order valence-corrected chi connectivity index (χ2v) is 5.95. The van der Waals surface area contributed by atoms with Crippen LogP contribution in [0.1, 0.15) is 31.7 Å². The van der Waals surface area contributed by atoms with Crippen molar-refractivity contribution in [3.63, 3.8) is 0 Å². The van der Waals surface area contributed by atoms with Crippen molar-refractivity contribution in [3.05, 3.63) is 18.0 Å². The molecule has 0 spiro atoms. The van der Waals surface area contributed by atoms with Crippen molar-refractivity contribution < 1.29 is 0 Å². The predicted octanol–water partition coefficient (Wildman–Crippen LogP) is 1.29. The number of hydrogen-bond acceptors (Lipinski definition) is 5. The van der Waals surface area contributed by atoms with Crippen LogP contribution in [0.3, 0.4) is 0 Å². The van der Waals surface area contributed by atoms with Gasteiger partial charge in [0.2, 0.25) is 5.95 Å². The Labute approximate surface area is 122 Å². The lowest BCUT2D eigenvalue weighted by Crippen LogP contribution is -2.42. The van der Waals surface area contributed by atoms with Crippen LogP contribution in [0.15, 0.2) is 12.4 Å². The van der Waals surface area contributed by atoms with Crippen LogP contribution in [-0.4, -0.2) is 54.1 Å². The van der Waals surface area contributed by atoms with Crippen LogP contribution in [0, 0.1) is 0 Å². The first-order chi connectivity index (χ1) is 9.60. The molecular weight excluding hydrogens is 250 g/mol. The van der Waals surface area contributed by atoms with E-state index in [9.17, 15) is 0 Å². The molecule has 0 bridgehead atoms. The fourth-order valence-electron chi connectivity index (χ4n) is 2.65. The van der Waals surface area contributed by atoms with Crippen molar-refractivity contribution in [2.75, 3.05) is 32.1 Å². The zero-order valence-electron chi connectivity index (χ0n) is 12.9. The van der Waals surface area contributed by atoms with E-state index in [0.29, 0.717) is 6.04 Å². The SMILES string of the molecule is CCC(N)Cc1cnc(N2CCC(N(C)C)CC2)nc1. The molecule has 20 heavy (non-hydrogen) atoms. The van der Waals surface area contributed by atoms with E-state index in [0.717, 1.165) is 37.4 Å². The van der Waals surface area contributed by atoms with Crippen LogP contribution in [-0.2, 0) is 6.42 Å². The smallest absolute Gasteiger partial charge is 0.225 e. The maximum Gasteiger partial charge on any atom is 0.225 e. The number of nitrogens with zero attached hydrogens (tertiary/aromatic N) is 4. The first-order valence-corrected chi connectivity index (χ1v) is 7.58. The second-order valence-electron chi connectivity index (χ2n) is 5.95. The van der Waals surface area contributed by atoms with Gasteiger partial charge in [-0.2, -0.15) is 0 Å². The fraction of sp³-hybridized carbons (Fsp3) is 0.733. The maximum absolute atomic E-state index is 5.96. The zero-order chi connectivity index (χ0) is 14.5. The molecule has 1 aliphatic rings. The lowest BCUT2D eigenvalue weighted by atomic mass is 10.0. The number of piperidine rings is 1. The van der Waals surface area contributed by atoms with E-state index in [2.05, 4.69) is 40.8 Å². The Morgan fingerprint density at radius 3 is 2.40 bits per heavy atom. The molecule has 5 nitrogen and oxygen atoms in total. The molecule has 1 aromatic rings. The highest BCUT2D eigenvalue weighted by Crippen LogP contribution is 2.18. The monoisotopic (exact) mass is 277 g/mol. The summed E-state index contributed by atoms with van der Waals surface area (Å²) in [5.74, 6) is 0.857. The molecule has 1 atom stereocenters. The lowest BCUT2D eigenvalue weighted by molar-refractivity contribution is 0.249. The molecule has 0 aliphatic carbocycles. The minimum Gasteiger partial charge on any atom is -0.341 e. The summed E-state index contributed by atoms with van der Waals surface area (Å²) >= 11 is 0. The molecule has 1 aromatic heterocycles. The molecular formula is C15H27N5. The molecule has 2 heterocycles. The topological polar surface area (TPSA) is 58.3 Å². The van der Waals surface area contributed by atoms with E-state index in [1.165, 1.54) is 12.8 Å². The molecule has 5 heteroatoms. The third kappa shape index (κ3) is 3.90. The molecule has 2 N–H and O–H groups in total. The van der Waals surface area contributed by atoms with Crippen molar-refractivity contribution in [2.24, 2.45) is 5.73 Å². The lowest BCUT2D eigenvalue weighted by Gasteiger charge is -2.35. The van der Waals surface area contributed by atoms with Gasteiger partial charge in [0.15, 0.2) is 0 Å². The van der Waals surface area contributed by atoms with E-state index in [4.69, 9.17) is 5.73 Å². The summed E-state index contributed by atoms with van der Waals surface area (Å²) < 4.78 is 0. The van der Waals surface area contributed by atoms with E-state index in [1.54, 1.807) is 0 Å². The molecule has 2 rings (SSSR count). The average Bonchev–Trinajstić information content (AvgIpc) is 2.48. The predicted molar refractivity (Wildman–Crippen MR) is 82.9 cm³/mol. The Morgan fingerprint density at radius 1 is 1.30 bits per heavy atom. The number of nitrogens with two attached hydrogens (primary N) is 1. The van der Waals surface area contributed by atoms with Crippen molar-refractivity contribution in [2.45, 2.75) is 44.7 Å². The van der Waals surface area contributed by atoms with Crippen molar-refractivity contribution in [1.29, 1.82) is 0 Å². The Hall–Kier alpha value is -1.20. The first-order valence-electron chi connectivity index (χ1n) is 7.58. The highest BCUT2D eigenvalue weighted by Gasteiger charge is 2.21. The molecule has 1 saturated heterocycles. The highest BCUT2D eigenvalue weighted by atomic mass is 15.3. The summed E-state index contributed by atoms with van der Waals surface area (Å²) in [5.41, 5.74) is 7.09. The van der Waals surface area contributed by atoms with Crippen LogP contribution < -0.4 is 10.6 Å². The summed E-state index contributed by atoms with van der Waals surface area (Å²) in [6.45, 7) is 4.18. The molecule has 0 radical (unpaired) electrons. The fourth-order valence-corrected chi connectivity index (χ4v) is 2.65. The second kappa shape index (κ2) is 6.99. The molecule has 0 aromatic carbocycles. The van der Waals surface area contributed by atoms with Gasteiger partial charge in [-0.05, 0) is 45.3 Å². The quantitative estimate of drug-likeness (QED) is 0.879. The van der Waals surface area contributed by atoms with Gasteiger partial charge in [-0.3, -0.25) is 0 Å². The van der Waals surface area contributed by atoms with Crippen LogP contribution in [0.5, 0.6) is 0 Å². The normalized spacial score (nSPS) is 18.6. The van der Waals surface area contributed by atoms with Crippen molar-refractivity contribution >= 4 is 5.95 Å². The van der Waals surface area contributed by atoms with Crippen LogP contribution in [0.2, 0.25) is 0 Å². The van der Waals surface area contributed by atoms with Crippen LogP contribution in [0.25, 0.3) is 0 Å². The summed E-state index contributed by atoms with van der Waals surface area (Å²) in [6, 6.07) is 0.897. The van der Waals surface area contributed by atoms with Crippen LogP contribution >= 0.6 is 0 Å². The number of rotatable bonds is 5. The van der Waals surface area contributed by atoms with Crippen molar-refractivity contribution in [3.8, 4) is 0 Å². The minimum absolute atomic E-state index is 0.209. The molecule has 1 unspecified atom stereocenters. The summed E-state index contributed by atoms with van der Waals surface area (Å²) in [6.07, 6.45) is 8.06. The molecule has 112 valence electrons. The van der Waals surface area contributed by atoms with Crippen molar-refractivity contribution in [1.82, 2.24) is 14.9 Å². The van der Waals surface area contributed by atoms with E-state index in [-0.39, 0.29) is 6.04 Å². The largest absolute Gasteiger partial charge is 0.341 e. The summed E-state index contributed by atoms with van der Waals surface area (Å²) in [5, 5.41) is 0. The summed E-state index contributed by atoms with van der Waals surface area (Å²) in [4.78, 5) is 13.6. The van der Waals surface area contributed by atoms with Gasteiger partial charge in [0.05, 0.1) is 0 Å². The Balaban J connectivity index is 1.91. The zero-order valence-corrected chi connectivity index (χ0v) is 12.9. The van der Waals surface area contributed by atoms with Gasteiger partial charge < -0.3 is 15.5 Å². The standard InChI is InChI=1S/C15H27N5/c1-4-13(16)9-12-10-17-15(18-11-12)20-7-5-14(6-8-20)19(2)3/h10-11,13-14H,4-9,16H2,1-3H3. The van der Waals surface area contributed by atoms with Gasteiger partial charge >= 0.3 is 0 Å².